The fraction of sp³-hybridized carbons (Fsp3) is 0.517. The van der Waals surface area contributed by atoms with Gasteiger partial charge in [0, 0.05) is 54.4 Å². The minimum absolute atomic E-state index is 0.0819. The molecule has 0 spiro atoms. The highest BCUT2D eigenvalue weighted by molar-refractivity contribution is 6.05. The van der Waals surface area contributed by atoms with Gasteiger partial charge in [0.15, 0.2) is 0 Å². The number of imide groups is 1. The van der Waals surface area contributed by atoms with Crippen LogP contribution in [-0.4, -0.2) is 56.7 Å². The number of likely N-dealkylation sites (tertiary alicyclic amines) is 1. The number of nitrogens with one attached hydrogen (secondary N) is 1. The van der Waals surface area contributed by atoms with Crippen LogP contribution in [0.3, 0.4) is 0 Å². The summed E-state index contributed by atoms with van der Waals surface area (Å²) >= 11 is 0. The van der Waals surface area contributed by atoms with E-state index in [0.29, 0.717) is 38.0 Å². The lowest BCUT2D eigenvalue weighted by Gasteiger charge is -2.54. The molecule has 2 atom stereocenters. The van der Waals surface area contributed by atoms with Gasteiger partial charge in [0.2, 0.25) is 11.8 Å². The summed E-state index contributed by atoms with van der Waals surface area (Å²) in [6, 6.07) is 4.40. The van der Waals surface area contributed by atoms with Crippen molar-refractivity contribution in [1.82, 2.24) is 20.1 Å². The van der Waals surface area contributed by atoms with Crippen molar-refractivity contribution in [2.75, 3.05) is 13.1 Å². The van der Waals surface area contributed by atoms with Crippen molar-refractivity contribution in [2.24, 2.45) is 5.41 Å². The second kappa shape index (κ2) is 10.5. The Morgan fingerprint density at radius 3 is 2.46 bits per heavy atom. The van der Waals surface area contributed by atoms with Gasteiger partial charge < -0.3 is 10.0 Å². The van der Waals surface area contributed by atoms with E-state index in [-0.39, 0.29) is 42.5 Å². The molecule has 2 fully saturated rings. The zero-order valence-corrected chi connectivity index (χ0v) is 22.9. The first-order valence-electron chi connectivity index (χ1n) is 13.8. The number of hydrogen-bond donors (Lipinski definition) is 2. The normalized spacial score (nSPS) is 24.9. The van der Waals surface area contributed by atoms with Gasteiger partial charge in [0.25, 0.3) is 5.91 Å². The molecule has 12 heteroatoms. The molecule has 4 heterocycles. The van der Waals surface area contributed by atoms with Crippen LogP contribution in [0.5, 0.6) is 0 Å². The molecule has 0 radical (unpaired) electrons. The number of hydrogen-bond acceptors (Lipinski definition) is 6. The largest absolute Gasteiger partial charge is 0.433 e. The van der Waals surface area contributed by atoms with Gasteiger partial charge in [0.05, 0.1) is 6.54 Å². The number of alkyl halides is 3. The van der Waals surface area contributed by atoms with Crippen molar-refractivity contribution in [2.45, 2.75) is 76.9 Å². The lowest BCUT2D eigenvalue weighted by atomic mass is 9.61. The van der Waals surface area contributed by atoms with Crippen LogP contribution in [0.2, 0.25) is 0 Å². The molecule has 3 aliphatic heterocycles. The number of carbonyl (C=O) groups excluding carboxylic acids is 3. The molecule has 0 saturated carbocycles. The molecule has 1 aromatic heterocycles. The van der Waals surface area contributed by atoms with E-state index < -0.39 is 52.5 Å². The quantitative estimate of drug-likeness (QED) is 0.400. The number of benzene rings is 1. The maximum atomic E-state index is 16.3. The number of fused-ring (bicyclic) bond motifs is 1. The lowest BCUT2D eigenvalue weighted by Crippen LogP contribution is -2.57. The van der Waals surface area contributed by atoms with Crippen molar-refractivity contribution in [1.29, 1.82) is 0 Å². The van der Waals surface area contributed by atoms with E-state index in [4.69, 9.17) is 0 Å². The van der Waals surface area contributed by atoms with E-state index in [0.717, 1.165) is 6.07 Å². The van der Waals surface area contributed by atoms with Crippen molar-refractivity contribution in [3.05, 3.63) is 64.2 Å². The van der Waals surface area contributed by atoms with Crippen LogP contribution >= 0.6 is 0 Å². The topological polar surface area (TPSA) is 103 Å². The number of rotatable bonds is 6. The molecule has 220 valence electrons. The summed E-state index contributed by atoms with van der Waals surface area (Å²) in [6.45, 7) is 4.74. The minimum Gasteiger partial charge on any atom is -0.384 e. The Bertz CT molecular complexity index is 1380. The number of pyridine rings is 1. The Morgan fingerprint density at radius 2 is 1.85 bits per heavy atom. The molecule has 2 saturated heterocycles. The Hall–Kier alpha value is -3.38. The van der Waals surface area contributed by atoms with Crippen LogP contribution in [0.1, 0.15) is 78.7 Å². The fourth-order valence-electron chi connectivity index (χ4n) is 6.70. The molecule has 3 aliphatic rings. The van der Waals surface area contributed by atoms with Gasteiger partial charge in [-0.15, -0.1) is 0 Å². The van der Waals surface area contributed by atoms with E-state index in [1.54, 1.807) is 0 Å². The summed E-state index contributed by atoms with van der Waals surface area (Å²) < 4.78 is 55.0. The monoisotopic (exact) mass is 576 g/mol. The third-order valence-corrected chi connectivity index (χ3v) is 9.16. The van der Waals surface area contributed by atoms with Gasteiger partial charge in [0.1, 0.15) is 23.2 Å². The first kappa shape index (κ1) is 29.1. The molecule has 0 unspecified atom stereocenters. The van der Waals surface area contributed by atoms with E-state index in [9.17, 15) is 32.7 Å². The van der Waals surface area contributed by atoms with Crippen LogP contribution < -0.4 is 5.32 Å². The van der Waals surface area contributed by atoms with Crippen molar-refractivity contribution in [3.63, 3.8) is 0 Å². The number of nitrogens with zero attached hydrogens (tertiary/aromatic N) is 3. The SMILES string of the molecule is CCC1(CC)CN(Cc2ccc(C(F)(F)F)nc2)CC[C@]1(O)c1ccc2c(c1F)CN([C@H]1CCC(=O)NC1=O)C2=O. The summed E-state index contributed by atoms with van der Waals surface area (Å²) in [4.78, 5) is 44.0. The zero-order valence-electron chi connectivity index (χ0n) is 22.9. The number of aliphatic hydroxyl groups is 1. The minimum atomic E-state index is -4.52. The van der Waals surface area contributed by atoms with Crippen molar-refractivity contribution in [3.8, 4) is 0 Å². The van der Waals surface area contributed by atoms with Gasteiger partial charge in [-0.3, -0.25) is 29.6 Å². The Balaban J connectivity index is 1.40. The Labute approximate surface area is 234 Å². The van der Waals surface area contributed by atoms with E-state index in [1.165, 1.54) is 29.3 Å². The van der Waals surface area contributed by atoms with Crippen LogP contribution in [0, 0.1) is 11.2 Å². The van der Waals surface area contributed by atoms with E-state index >= 15 is 4.39 Å². The molecule has 0 aliphatic carbocycles. The summed E-state index contributed by atoms with van der Waals surface area (Å²) in [5.74, 6) is -2.18. The van der Waals surface area contributed by atoms with Gasteiger partial charge in [-0.05, 0) is 43.4 Å². The van der Waals surface area contributed by atoms with Crippen LogP contribution in [0.25, 0.3) is 0 Å². The average molecular weight is 577 g/mol. The highest BCUT2D eigenvalue weighted by Crippen LogP contribution is 2.52. The third kappa shape index (κ3) is 4.90. The molecule has 0 bridgehead atoms. The van der Waals surface area contributed by atoms with Crippen LogP contribution in [-0.2, 0) is 34.5 Å². The Morgan fingerprint density at radius 1 is 1.12 bits per heavy atom. The highest BCUT2D eigenvalue weighted by atomic mass is 19.4. The summed E-state index contributed by atoms with van der Waals surface area (Å²) in [6.07, 6.45) is -1.92. The number of carbonyl (C=O) groups is 3. The Kier molecular flexibility index (Phi) is 7.44. The predicted octanol–water partition coefficient (Wildman–Crippen LogP) is 3.90. The van der Waals surface area contributed by atoms with Gasteiger partial charge in [-0.1, -0.05) is 26.0 Å². The fourth-order valence-corrected chi connectivity index (χ4v) is 6.70. The molecule has 2 aromatic rings. The highest BCUT2D eigenvalue weighted by Gasteiger charge is 2.54. The van der Waals surface area contributed by atoms with Gasteiger partial charge in [-0.2, -0.15) is 13.2 Å². The second-order valence-electron chi connectivity index (χ2n) is 11.2. The molecular weight excluding hydrogens is 544 g/mol. The van der Waals surface area contributed by atoms with Gasteiger partial charge in [-0.25, -0.2) is 4.39 Å². The summed E-state index contributed by atoms with van der Waals surface area (Å²) in [5.41, 5.74) is -2.39. The second-order valence-corrected chi connectivity index (χ2v) is 11.2. The van der Waals surface area contributed by atoms with E-state index in [2.05, 4.69) is 10.3 Å². The molecule has 1 aromatic carbocycles. The first-order valence-corrected chi connectivity index (χ1v) is 13.8. The van der Waals surface area contributed by atoms with Crippen LogP contribution in [0.15, 0.2) is 30.5 Å². The number of piperidine rings is 2. The third-order valence-electron chi connectivity index (χ3n) is 9.16. The van der Waals surface area contributed by atoms with Gasteiger partial charge >= 0.3 is 6.18 Å². The summed E-state index contributed by atoms with van der Waals surface area (Å²) in [7, 11) is 0. The standard InChI is InChI=1S/C29H32F4N4O4/c1-3-27(4-2)16-36(14-17-5-9-22(34-13-17)29(31,32)33)12-11-28(27,41)20-7-6-18-19(24(20)30)15-37(26(18)40)21-8-10-23(38)35-25(21)39/h5-7,9,13,21,41H,3-4,8,10-12,14-16H2,1-2H3,(H,35,38,39)/t21-,28-/m0/s1. The maximum absolute atomic E-state index is 16.3. The zero-order chi connectivity index (χ0) is 29.7. The van der Waals surface area contributed by atoms with Crippen molar-refractivity contribution >= 4 is 17.7 Å². The molecule has 8 nitrogen and oxygen atoms in total. The molecule has 3 amide bonds. The van der Waals surface area contributed by atoms with Crippen molar-refractivity contribution < 1.29 is 37.1 Å². The first-order chi connectivity index (χ1) is 19.3. The van der Waals surface area contributed by atoms with E-state index in [1.807, 2.05) is 18.7 Å². The maximum Gasteiger partial charge on any atom is 0.433 e. The number of aromatic nitrogens is 1. The smallest absolute Gasteiger partial charge is 0.384 e. The average Bonchev–Trinajstić information content (AvgIpc) is 3.26. The number of amides is 3. The molecule has 2 N–H and O–H groups in total. The number of halogens is 4. The molecule has 5 rings (SSSR count). The molecule has 41 heavy (non-hydrogen) atoms. The lowest BCUT2D eigenvalue weighted by molar-refractivity contribution is -0.150. The summed E-state index contributed by atoms with van der Waals surface area (Å²) in [5, 5.41) is 14.5. The molecular formula is C29H32F4N4O4. The van der Waals surface area contributed by atoms with Crippen LogP contribution in [0.4, 0.5) is 17.6 Å². The predicted molar refractivity (Wildman–Crippen MR) is 138 cm³/mol.